The number of carbonyl (C=O) groups is 2. The Kier molecular flexibility index (Phi) is 4.66. The molecular formula is C17H16ClN3O3. The van der Waals surface area contributed by atoms with Gasteiger partial charge in [-0.05, 0) is 30.7 Å². The van der Waals surface area contributed by atoms with Crippen LogP contribution in [-0.4, -0.2) is 22.9 Å². The van der Waals surface area contributed by atoms with Gasteiger partial charge >= 0.3 is 0 Å². The summed E-state index contributed by atoms with van der Waals surface area (Å²) < 4.78 is 1.31. The van der Waals surface area contributed by atoms with Gasteiger partial charge in [-0.3, -0.25) is 14.4 Å². The number of rotatable bonds is 4. The smallest absolute Gasteiger partial charge is 0.250 e. The summed E-state index contributed by atoms with van der Waals surface area (Å²) in [7, 11) is 0. The fourth-order valence-electron chi connectivity index (χ4n) is 2.65. The van der Waals surface area contributed by atoms with Crippen molar-refractivity contribution in [2.45, 2.75) is 19.4 Å². The molecule has 2 aromatic rings. The van der Waals surface area contributed by atoms with E-state index in [1.807, 2.05) is 0 Å². The van der Waals surface area contributed by atoms with Gasteiger partial charge in [0.05, 0.1) is 10.7 Å². The average molecular weight is 346 g/mol. The molecule has 1 fully saturated rings. The van der Waals surface area contributed by atoms with E-state index in [0.717, 1.165) is 6.42 Å². The Hall–Kier alpha value is -2.60. The van der Waals surface area contributed by atoms with Crippen molar-refractivity contribution >= 4 is 34.8 Å². The summed E-state index contributed by atoms with van der Waals surface area (Å²) in [6.07, 6.45) is 2.90. The van der Waals surface area contributed by atoms with Crippen LogP contribution in [0.25, 0.3) is 0 Å². The minimum absolute atomic E-state index is 0.0529. The molecule has 1 aromatic heterocycles. The molecule has 0 unspecified atom stereocenters. The van der Waals surface area contributed by atoms with E-state index in [4.69, 9.17) is 11.6 Å². The first-order valence-electron chi connectivity index (χ1n) is 7.60. The zero-order valence-corrected chi connectivity index (χ0v) is 13.6. The third-order valence-corrected chi connectivity index (χ3v) is 4.11. The zero-order valence-electron chi connectivity index (χ0n) is 12.9. The Labute approximate surface area is 143 Å². The molecule has 1 aliphatic rings. The van der Waals surface area contributed by atoms with E-state index in [2.05, 4.69) is 5.32 Å². The highest BCUT2D eigenvalue weighted by Gasteiger charge is 2.23. The van der Waals surface area contributed by atoms with E-state index in [-0.39, 0.29) is 23.9 Å². The van der Waals surface area contributed by atoms with Gasteiger partial charge in [0.1, 0.15) is 6.54 Å². The maximum atomic E-state index is 12.1. The Morgan fingerprint density at radius 2 is 2.04 bits per heavy atom. The maximum absolute atomic E-state index is 12.1. The lowest BCUT2D eigenvalue weighted by Crippen LogP contribution is -2.26. The van der Waals surface area contributed by atoms with E-state index < -0.39 is 0 Å². The van der Waals surface area contributed by atoms with Crippen molar-refractivity contribution in [1.29, 1.82) is 0 Å². The van der Waals surface area contributed by atoms with Crippen LogP contribution in [0, 0.1) is 0 Å². The van der Waals surface area contributed by atoms with Gasteiger partial charge in [-0.25, -0.2) is 0 Å². The molecule has 1 saturated heterocycles. The molecule has 1 aromatic carbocycles. The van der Waals surface area contributed by atoms with E-state index >= 15 is 0 Å². The number of benzene rings is 1. The highest BCUT2D eigenvalue weighted by molar-refractivity contribution is 6.34. The average Bonchev–Trinajstić information content (AvgIpc) is 2.96. The van der Waals surface area contributed by atoms with Gasteiger partial charge in [0.25, 0.3) is 5.56 Å². The third kappa shape index (κ3) is 3.49. The molecule has 1 aliphatic heterocycles. The molecule has 0 radical (unpaired) electrons. The molecule has 0 aliphatic carbocycles. The van der Waals surface area contributed by atoms with Crippen molar-refractivity contribution in [1.82, 2.24) is 4.57 Å². The van der Waals surface area contributed by atoms with E-state index in [9.17, 15) is 14.4 Å². The number of hydrogen-bond donors (Lipinski definition) is 1. The van der Waals surface area contributed by atoms with Crippen molar-refractivity contribution in [2.24, 2.45) is 0 Å². The van der Waals surface area contributed by atoms with Crippen LogP contribution in [0.15, 0.2) is 47.4 Å². The molecule has 0 saturated carbocycles. The molecule has 2 amide bonds. The molecule has 3 rings (SSSR count). The Morgan fingerprint density at radius 3 is 2.71 bits per heavy atom. The predicted molar refractivity (Wildman–Crippen MR) is 92.4 cm³/mol. The number of aromatic nitrogens is 1. The second kappa shape index (κ2) is 6.88. The number of halogens is 1. The summed E-state index contributed by atoms with van der Waals surface area (Å²) in [5.41, 5.74) is 0.925. The van der Waals surface area contributed by atoms with Crippen molar-refractivity contribution in [2.75, 3.05) is 16.8 Å². The Morgan fingerprint density at radius 1 is 1.21 bits per heavy atom. The number of nitrogens with one attached hydrogen (secondary N) is 1. The summed E-state index contributed by atoms with van der Waals surface area (Å²) in [4.78, 5) is 37.1. The molecular weight excluding hydrogens is 330 g/mol. The highest BCUT2D eigenvalue weighted by atomic mass is 35.5. The van der Waals surface area contributed by atoms with Crippen molar-refractivity contribution in [3.8, 4) is 0 Å². The summed E-state index contributed by atoms with van der Waals surface area (Å²) in [5, 5.41) is 3.10. The summed E-state index contributed by atoms with van der Waals surface area (Å²) >= 11 is 6.24. The van der Waals surface area contributed by atoms with E-state index in [1.165, 1.54) is 10.6 Å². The van der Waals surface area contributed by atoms with Gasteiger partial charge in [-0.15, -0.1) is 0 Å². The maximum Gasteiger partial charge on any atom is 0.250 e. The molecule has 6 nitrogen and oxygen atoms in total. The normalized spacial score (nSPS) is 14.0. The molecule has 7 heteroatoms. The van der Waals surface area contributed by atoms with Gasteiger partial charge in [-0.2, -0.15) is 0 Å². The summed E-state index contributed by atoms with van der Waals surface area (Å²) in [5.74, 6) is -0.276. The monoisotopic (exact) mass is 345 g/mol. The second-order valence-electron chi connectivity index (χ2n) is 5.53. The lowest BCUT2D eigenvalue weighted by molar-refractivity contribution is -0.117. The minimum atomic E-state index is -0.329. The van der Waals surface area contributed by atoms with Crippen molar-refractivity contribution in [3.63, 3.8) is 0 Å². The van der Waals surface area contributed by atoms with Crippen LogP contribution in [0.2, 0.25) is 5.02 Å². The first kappa shape index (κ1) is 16.3. The lowest BCUT2D eigenvalue weighted by atomic mass is 10.2. The number of amides is 2. The zero-order chi connectivity index (χ0) is 17.1. The fourth-order valence-corrected chi connectivity index (χ4v) is 2.94. The van der Waals surface area contributed by atoms with Crippen LogP contribution in [-0.2, 0) is 16.1 Å². The van der Waals surface area contributed by atoms with Crippen LogP contribution in [0.1, 0.15) is 12.8 Å². The number of anilines is 2. The molecule has 1 N–H and O–H groups in total. The van der Waals surface area contributed by atoms with E-state index in [1.54, 1.807) is 41.4 Å². The quantitative estimate of drug-likeness (QED) is 0.924. The number of hydrogen-bond acceptors (Lipinski definition) is 3. The molecule has 124 valence electrons. The topological polar surface area (TPSA) is 71.4 Å². The van der Waals surface area contributed by atoms with Gasteiger partial charge in [0, 0.05) is 30.9 Å². The number of carbonyl (C=O) groups excluding carboxylic acids is 2. The Bertz CT molecular complexity index is 847. The summed E-state index contributed by atoms with van der Waals surface area (Å²) in [6.45, 7) is 0.574. The SMILES string of the molecule is O=C(Cn1ccccc1=O)Nc1ccc(N2CCCC2=O)c(Cl)c1. The van der Waals surface area contributed by atoms with Crippen LogP contribution in [0.3, 0.4) is 0 Å². The highest BCUT2D eigenvalue weighted by Crippen LogP contribution is 2.31. The van der Waals surface area contributed by atoms with Crippen LogP contribution in [0.4, 0.5) is 11.4 Å². The fraction of sp³-hybridized carbons (Fsp3) is 0.235. The van der Waals surface area contributed by atoms with Gasteiger partial charge in [0.15, 0.2) is 0 Å². The summed E-state index contributed by atoms with van der Waals surface area (Å²) in [6, 6.07) is 9.72. The second-order valence-corrected chi connectivity index (χ2v) is 5.94. The van der Waals surface area contributed by atoms with E-state index in [0.29, 0.717) is 29.4 Å². The molecule has 0 atom stereocenters. The molecule has 2 heterocycles. The third-order valence-electron chi connectivity index (χ3n) is 3.81. The van der Waals surface area contributed by atoms with Crippen LogP contribution in [0.5, 0.6) is 0 Å². The van der Waals surface area contributed by atoms with Crippen LogP contribution < -0.4 is 15.8 Å². The standard InChI is InChI=1S/C17H16ClN3O3/c18-13-10-12(6-7-14(13)21-9-3-5-17(21)24)19-15(22)11-20-8-2-1-4-16(20)23/h1-2,4,6-8,10H,3,5,9,11H2,(H,19,22). The number of nitrogens with zero attached hydrogens (tertiary/aromatic N) is 2. The first-order chi connectivity index (χ1) is 11.5. The lowest BCUT2D eigenvalue weighted by Gasteiger charge is -2.18. The van der Waals surface area contributed by atoms with Gasteiger partial charge in [-0.1, -0.05) is 17.7 Å². The van der Waals surface area contributed by atoms with Crippen LogP contribution >= 0.6 is 11.6 Å². The molecule has 0 bridgehead atoms. The minimum Gasteiger partial charge on any atom is -0.324 e. The predicted octanol–water partition coefficient (Wildman–Crippen LogP) is 2.27. The van der Waals surface area contributed by atoms with Gasteiger partial charge in [0.2, 0.25) is 11.8 Å². The largest absolute Gasteiger partial charge is 0.324 e. The van der Waals surface area contributed by atoms with Gasteiger partial charge < -0.3 is 14.8 Å². The molecule has 0 spiro atoms. The number of pyridine rings is 1. The van der Waals surface area contributed by atoms with Crippen molar-refractivity contribution in [3.05, 3.63) is 58.0 Å². The van der Waals surface area contributed by atoms with Crippen molar-refractivity contribution < 1.29 is 9.59 Å². The Balaban J connectivity index is 1.70. The molecule has 24 heavy (non-hydrogen) atoms. The first-order valence-corrected chi connectivity index (χ1v) is 7.97.